The molecule has 3 N–H and O–H groups in total. The Morgan fingerprint density at radius 2 is 1.88 bits per heavy atom. The van der Waals surface area contributed by atoms with Crippen LogP contribution in [0.5, 0.6) is 0 Å². The molecule has 172 valence electrons. The van der Waals surface area contributed by atoms with Crippen LogP contribution < -0.4 is 0 Å². The van der Waals surface area contributed by atoms with Crippen molar-refractivity contribution < 1.29 is 9.90 Å². The van der Waals surface area contributed by atoms with Crippen LogP contribution in [-0.2, 0) is 12.8 Å². The van der Waals surface area contributed by atoms with Gasteiger partial charge in [0, 0.05) is 29.6 Å². The molecule has 1 aliphatic carbocycles. The van der Waals surface area contributed by atoms with Crippen LogP contribution in [0.2, 0.25) is 0 Å². The number of likely N-dealkylation sites (tertiary alicyclic amines) is 1. The fourth-order valence-corrected chi connectivity index (χ4v) is 5.29. The molecule has 0 unspecified atom stereocenters. The monoisotopic (exact) mass is 452 g/mol. The van der Waals surface area contributed by atoms with Gasteiger partial charge in [-0.1, -0.05) is 42.5 Å². The van der Waals surface area contributed by atoms with Crippen molar-refractivity contribution in [2.45, 2.75) is 37.7 Å². The molecule has 2 aromatic carbocycles. The molecule has 2 aromatic heterocycles. The number of aryl methyl sites for hydroxylation is 2. The van der Waals surface area contributed by atoms with Crippen LogP contribution in [0.25, 0.3) is 28.4 Å². The average molecular weight is 453 g/mol. The Morgan fingerprint density at radius 1 is 1.06 bits per heavy atom. The molecule has 6 rings (SSSR count). The summed E-state index contributed by atoms with van der Waals surface area (Å²) in [5.74, 6) is 0.0294. The molecule has 0 bridgehead atoms. The maximum absolute atomic E-state index is 13.3. The molecule has 0 atom stereocenters. The van der Waals surface area contributed by atoms with Gasteiger partial charge in [-0.3, -0.25) is 9.89 Å². The third-order valence-corrected chi connectivity index (χ3v) is 7.30. The first-order valence-electron chi connectivity index (χ1n) is 12.0. The Hall–Kier alpha value is -3.64. The summed E-state index contributed by atoms with van der Waals surface area (Å²) in [5, 5.41) is 19.5. The molecule has 0 radical (unpaired) electrons. The minimum Gasteiger partial charge on any atom is -0.386 e. The van der Waals surface area contributed by atoms with Crippen LogP contribution >= 0.6 is 0 Å². The highest BCUT2D eigenvalue weighted by Gasteiger charge is 2.32. The lowest BCUT2D eigenvalue weighted by atomic mass is 9.90. The predicted octanol–water partition coefficient (Wildman–Crippen LogP) is 4.73. The van der Waals surface area contributed by atoms with E-state index in [1.807, 2.05) is 71.8 Å². The van der Waals surface area contributed by atoms with Crippen LogP contribution in [0.4, 0.5) is 0 Å². The minimum absolute atomic E-state index is 0.0294. The van der Waals surface area contributed by atoms with E-state index < -0.39 is 5.60 Å². The van der Waals surface area contributed by atoms with E-state index in [4.69, 9.17) is 0 Å². The Labute approximate surface area is 198 Å². The van der Waals surface area contributed by atoms with Gasteiger partial charge >= 0.3 is 0 Å². The van der Waals surface area contributed by atoms with Gasteiger partial charge < -0.3 is 15.0 Å². The second kappa shape index (κ2) is 8.29. The normalized spacial score (nSPS) is 17.5. The largest absolute Gasteiger partial charge is 0.386 e. The van der Waals surface area contributed by atoms with Crippen molar-refractivity contribution in [2.24, 2.45) is 0 Å². The van der Waals surface area contributed by atoms with Crippen molar-refractivity contribution in [3.05, 3.63) is 83.1 Å². The number of amides is 1. The maximum atomic E-state index is 13.3. The van der Waals surface area contributed by atoms with Crippen LogP contribution in [0.1, 0.15) is 46.3 Å². The van der Waals surface area contributed by atoms with Gasteiger partial charge in [0.2, 0.25) is 0 Å². The van der Waals surface area contributed by atoms with Gasteiger partial charge in [0.15, 0.2) is 0 Å². The molecule has 3 heterocycles. The van der Waals surface area contributed by atoms with E-state index in [9.17, 15) is 9.90 Å². The zero-order valence-electron chi connectivity index (χ0n) is 19.1. The van der Waals surface area contributed by atoms with Crippen molar-refractivity contribution in [1.82, 2.24) is 20.1 Å². The van der Waals surface area contributed by atoms with E-state index in [1.54, 1.807) is 0 Å². The van der Waals surface area contributed by atoms with Gasteiger partial charge in [-0.2, -0.15) is 5.10 Å². The second-order valence-electron chi connectivity index (χ2n) is 9.50. The summed E-state index contributed by atoms with van der Waals surface area (Å²) in [6.07, 6.45) is 9.87. The highest BCUT2D eigenvalue weighted by molar-refractivity contribution is 6.00. The minimum atomic E-state index is -0.879. The molecule has 2 aliphatic rings. The molecular formula is C28H28N4O2. The van der Waals surface area contributed by atoms with E-state index in [2.05, 4.69) is 15.2 Å². The van der Waals surface area contributed by atoms with Gasteiger partial charge in [0.25, 0.3) is 5.91 Å². The van der Waals surface area contributed by atoms with Crippen molar-refractivity contribution in [3.63, 3.8) is 0 Å². The molecule has 0 spiro atoms. The SMILES string of the molecule is O=C(c1ccc2[nH]c3c(c2c1)CCCc1cn[nH]c1-3)N1CCC(O)(/C=C/c2ccccc2)CC1. The number of aromatic amines is 2. The zero-order valence-corrected chi connectivity index (χ0v) is 19.1. The van der Waals surface area contributed by atoms with Crippen LogP contribution in [0.15, 0.2) is 60.8 Å². The lowest BCUT2D eigenvalue weighted by Crippen LogP contribution is -2.45. The standard InChI is InChI=1S/C28H28N4O2/c33-27(32-15-13-28(34,14-16-32)12-11-19-5-2-1-3-6-19)20-9-10-24-23(17-20)22-8-4-7-21-18-29-31-25(21)26(22)30-24/h1-3,5-6,9-12,17-18,30,34H,4,7-8,13-16H2,(H,29,31)/b12-11+. The van der Waals surface area contributed by atoms with Crippen LogP contribution in [0.3, 0.4) is 0 Å². The predicted molar refractivity (Wildman–Crippen MR) is 133 cm³/mol. The third-order valence-electron chi connectivity index (χ3n) is 7.30. The number of piperidine rings is 1. The molecule has 1 aliphatic heterocycles. The second-order valence-corrected chi connectivity index (χ2v) is 9.50. The Kier molecular flexibility index (Phi) is 5.11. The van der Waals surface area contributed by atoms with Gasteiger partial charge in [0.05, 0.1) is 23.2 Å². The lowest BCUT2D eigenvalue weighted by molar-refractivity contribution is 0.0192. The third kappa shape index (κ3) is 3.74. The summed E-state index contributed by atoms with van der Waals surface area (Å²) in [4.78, 5) is 18.8. The summed E-state index contributed by atoms with van der Waals surface area (Å²) in [6.45, 7) is 1.07. The highest BCUT2D eigenvalue weighted by atomic mass is 16.3. The van der Waals surface area contributed by atoms with Crippen LogP contribution in [-0.4, -0.2) is 49.8 Å². The Morgan fingerprint density at radius 3 is 2.71 bits per heavy atom. The summed E-state index contributed by atoms with van der Waals surface area (Å²) < 4.78 is 0. The molecule has 0 saturated carbocycles. The summed E-state index contributed by atoms with van der Waals surface area (Å²) >= 11 is 0. The molecule has 6 heteroatoms. The first-order valence-corrected chi connectivity index (χ1v) is 12.0. The van der Waals surface area contributed by atoms with Crippen molar-refractivity contribution in [3.8, 4) is 11.4 Å². The molecule has 34 heavy (non-hydrogen) atoms. The number of fused-ring (bicyclic) bond motifs is 5. The van der Waals surface area contributed by atoms with E-state index in [0.29, 0.717) is 31.5 Å². The number of hydrogen-bond donors (Lipinski definition) is 3. The number of carbonyl (C=O) groups is 1. The van der Waals surface area contributed by atoms with Crippen LogP contribution in [0, 0.1) is 0 Å². The fraction of sp³-hybridized carbons (Fsp3) is 0.286. The summed E-state index contributed by atoms with van der Waals surface area (Å²) in [5.41, 5.74) is 6.59. The van der Waals surface area contributed by atoms with Gasteiger partial charge in [0.1, 0.15) is 0 Å². The number of hydrogen-bond acceptors (Lipinski definition) is 3. The zero-order chi connectivity index (χ0) is 23.1. The van der Waals surface area contributed by atoms with E-state index in [-0.39, 0.29) is 5.91 Å². The number of aliphatic hydroxyl groups is 1. The maximum Gasteiger partial charge on any atom is 0.253 e. The van der Waals surface area contributed by atoms with E-state index in [0.717, 1.165) is 47.1 Å². The molecule has 6 nitrogen and oxygen atoms in total. The van der Waals surface area contributed by atoms with E-state index in [1.165, 1.54) is 11.1 Å². The van der Waals surface area contributed by atoms with Gasteiger partial charge in [-0.25, -0.2) is 0 Å². The quantitative estimate of drug-likeness (QED) is 0.420. The number of rotatable bonds is 3. The summed E-state index contributed by atoms with van der Waals surface area (Å²) in [6, 6.07) is 15.9. The van der Waals surface area contributed by atoms with Gasteiger partial charge in [-0.05, 0) is 67.0 Å². The number of H-pyrrole nitrogens is 2. The molecule has 1 fully saturated rings. The smallest absolute Gasteiger partial charge is 0.253 e. The van der Waals surface area contributed by atoms with Gasteiger partial charge in [-0.15, -0.1) is 0 Å². The van der Waals surface area contributed by atoms with E-state index >= 15 is 0 Å². The first kappa shape index (κ1) is 20.9. The molecular weight excluding hydrogens is 424 g/mol. The topological polar surface area (TPSA) is 85.0 Å². The van der Waals surface area contributed by atoms with Crippen molar-refractivity contribution in [2.75, 3.05) is 13.1 Å². The Balaban J connectivity index is 1.21. The lowest BCUT2D eigenvalue weighted by Gasteiger charge is -2.36. The fourth-order valence-electron chi connectivity index (χ4n) is 5.29. The highest BCUT2D eigenvalue weighted by Crippen LogP contribution is 2.36. The van der Waals surface area contributed by atoms with Crippen molar-refractivity contribution in [1.29, 1.82) is 0 Å². The summed E-state index contributed by atoms with van der Waals surface area (Å²) in [7, 11) is 0. The number of aromatic nitrogens is 3. The molecule has 1 amide bonds. The number of carbonyl (C=O) groups excluding carboxylic acids is 1. The first-order chi connectivity index (χ1) is 16.6. The molecule has 4 aromatic rings. The Bertz CT molecular complexity index is 1370. The van der Waals surface area contributed by atoms with Crippen molar-refractivity contribution >= 4 is 22.9 Å². The number of benzene rings is 2. The molecule has 1 saturated heterocycles. The number of nitrogens with one attached hydrogen (secondary N) is 2. The number of nitrogens with zero attached hydrogens (tertiary/aromatic N) is 2. The average Bonchev–Trinajstić information content (AvgIpc) is 3.44.